The number of carboxylic acids is 1. The molecule has 216 valence electrons. The molecule has 1 saturated heterocycles. The summed E-state index contributed by atoms with van der Waals surface area (Å²) in [5.74, 6) is 1.34. The smallest absolute Gasteiger partial charge is 0.309 e. The van der Waals surface area contributed by atoms with Gasteiger partial charge in [0.05, 0.1) is 23.8 Å². The van der Waals surface area contributed by atoms with Gasteiger partial charge in [-0.3, -0.25) is 9.69 Å². The molecule has 2 fully saturated rings. The van der Waals surface area contributed by atoms with E-state index in [0.29, 0.717) is 37.0 Å². The van der Waals surface area contributed by atoms with Gasteiger partial charge in [-0.25, -0.2) is 4.98 Å². The number of rotatable bonds is 9. The average molecular weight is 578 g/mol. The lowest BCUT2D eigenvalue weighted by atomic mass is 9.68. The molecule has 41 heavy (non-hydrogen) atoms. The lowest BCUT2D eigenvalue weighted by Gasteiger charge is -2.42. The van der Waals surface area contributed by atoms with Crippen LogP contribution in [0.4, 0.5) is 11.8 Å². The van der Waals surface area contributed by atoms with Crippen molar-refractivity contribution in [2.24, 2.45) is 5.41 Å². The van der Waals surface area contributed by atoms with Gasteiger partial charge in [-0.1, -0.05) is 23.7 Å². The summed E-state index contributed by atoms with van der Waals surface area (Å²) < 4.78 is 12.0. The molecule has 1 saturated carbocycles. The third kappa shape index (κ3) is 5.98. The van der Waals surface area contributed by atoms with Gasteiger partial charge in [0.25, 0.3) is 0 Å². The van der Waals surface area contributed by atoms with Crippen LogP contribution in [0.5, 0.6) is 5.75 Å². The summed E-state index contributed by atoms with van der Waals surface area (Å²) in [6, 6.07) is 13.9. The minimum atomic E-state index is -0.728. The Hall–Kier alpha value is -3.40. The maximum Gasteiger partial charge on any atom is 0.309 e. The summed E-state index contributed by atoms with van der Waals surface area (Å²) in [7, 11) is 0. The SMILES string of the molecule is C[C@]1(C(=O)O)C[C@@H](OCCN2CCN(c3nc(N)nc4c3CCc3cc(OCc5ccc(Cl)cc5)ccc3-4)CC2)C1. The van der Waals surface area contributed by atoms with Crippen molar-refractivity contribution >= 4 is 29.3 Å². The molecule has 1 aromatic heterocycles. The van der Waals surface area contributed by atoms with E-state index in [0.717, 1.165) is 79.5 Å². The highest BCUT2D eigenvalue weighted by Gasteiger charge is 2.47. The molecular weight excluding hydrogens is 542 g/mol. The number of piperazine rings is 1. The van der Waals surface area contributed by atoms with Crippen molar-refractivity contribution in [1.82, 2.24) is 14.9 Å². The highest BCUT2D eigenvalue weighted by atomic mass is 35.5. The fourth-order valence-electron chi connectivity index (χ4n) is 6.08. The number of nitrogens with zero attached hydrogens (tertiary/aromatic N) is 4. The zero-order valence-corrected chi connectivity index (χ0v) is 24.1. The van der Waals surface area contributed by atoms with Gasteiger partial charge in [-0.2, -0.15) is 4.98 Å². The first-order chi connectivity index (χ1) is 19.8. The molecule has 10 heteroatoms. The van der Waals surface area contributed by atoms with Gasteiger partial charge in [0, 0.05) is 48.9 Å². The lowest BCUT2D eigenvalue weighted by Crippen LogP contribution is -2.49. The summed E-state index contributed by atoms with van der Waals surface area (Å²) >= 11 is 5.99. The second-order valence-electron chi connectivity index (χ2n) is 11.6. The molecule has 0 amide bonds. The lowest BCUT2D eigenvalue weighted by molar-refractivity contribution is -0.165. The summed E-state index contributed by atoms with van der Waals surface area (Å²) in [5.41, 5.74) is 11.0. The van der Waals surface area contributed by atoms with Crippen LogP contribution in [0.2, 0.25) is 5.02 Å². The molecule has 3 N–H and O–H groups in total. The third-order valence-corrected chi connectivity index (χ3v) is 8.86. The fourth-order valence-corrected chi connectivity index (χ4v) is 6.20. The van der Waals surface area contributed by atoms with E-state index in [2.05, 4.69) is 26.9 Å². The minimum absolute atomic E-state index is 0.0573. The maximum atomic E-state index is 11.3. The number of aliphatic carboxylic acids is 1. The van der Waals surface area contributed by atoms with Gasteiger partial charge in [0.2, 0.25) is 5.95 Å². The number of carbonyl (C=O) groups is 1. The van der Waals surface area contributed by atoms with Crippen LogP contribution in [0.1, 0.15) is 36.5 Å². The molecule has 2 aromatic carbocycles. The quantitative estimate of drug-likeness (QED) is 0.381. The Labute approximate surface area is 245 Å². The molecule has 0 spiro atoms. The van der Waals surface area contributed by atoms with Crippen LogP contribution in [0.3, 0.4) is 0 Å². The summed E-state index contributed by atoms with van der Waals surface area (Å²) in [6.45, 7) is 7.26. The third-order valence-electron chi connectivity index (χ3n) is 8.60. The number of ether oxygens (including phenoxy) is 2. The zero-order chi connectivity index (χ0) is 28.6. The monoisotopic (exact) mass is 577 g/mol. The number of nitrogens with two attached hydrogens (primary N) is 1. The van der Waals surface area contributed by atoms with Crippen molar-refractivity contribution < 1.29 is 19.4 Å². The fraction of sp³-hybridized carbons (Fsp3) is 0.452. The summed E-state index contributed by atoms with van der Waals surface area (Å²) in [6.07, 6.45) is 2.99. The molecule has 0 unspecified atom stereocenters. The van der Waals surface area contributed by atoms with E-state index >= 15 is 0 Å². The topological polar surface area (TPSA) is 114 Å². The number of nitrogen functional groups attached to an aromatic ring is 1. The molecule has 0 bridgehead atoms. The van der Waals surface area contributed by atoms with Crippen molar-refractivity contribution in [3.05, 3.63) is 64.2 Å². The van der Waals surface area contributed by atoms with Crippen molar-refractivity contribution in [3.63, 3.8) is 0 Å². The number of aromatic nitrogens is 2. The Kier molecular flexibility index (Phi) is 7.76. The van der Waals surface area contributed by atoms with Crippen LogP contribution in [0, 0.1) is 5.41 Å². The second kappa shape index (κ2) is 11.5. The van der Waals surface area contributed by atoms with Gasteiger partial charge in [0.15, 0.2) is 0 Å². The standard InChI is InChI=1S/C31H36ClN5O4/c1-31(29(38)39)17-24(18-31)40-15-14-36-10-12-37(13-11-36)28-26-8-4-21-16-23(41-19-20-2-5-22(32)6-3-20)7-9-25(21)27(26)34-30(33)35-28/h2-3,5-7,9,16,24H,4,8,10-15,17-19H2,1H3,(H,38,39)(H2,33,34,35)/t24-,31+. The Morgan fingerprint density at radius 3 is 2.59 bits per heavy atom. The summed E-state index contributed by atoms with van der Waals surface area (Å²) in [5, 5.41) is 9.99. The Bertz CT molecular complexity index is 1420. The average Bonchev–Trinajstić information content (AvgIpc) is 2.95. The highest BCUT2D eigenvalue weighted by Crippen LogP contribution is 2.42. The number of carboxylic acid groups (broad SMARTS) is 1. The molecule has 3 aromatic rings. The van der Waals surface area contributed by atoms with Gasteiger partial charge in [0.1, 0.15) is 18.2 Å². The number of hydrogen-bond donors (Lipinski definition) is 2. The maximum absolute atomic E-state index is 11.3. The Morgan fingerprint density at radius 1 is 1.10 bits per heavy atom. The molecule has 1 aliphatic heterocycles. The van der Waals surface area contributed by atoms with E-state index in [9.17, 15) is 9.90 Å². The molecule has 0 atom stereocenters. The van der Waals surface area contributed by atoms with Gasteiger partial charge in [-0.05, 0) is 74.1 Å². The van der Waals surface area contributed by atoms with E-state index in [1.165, 1.54) is 5.56 Å². The van der Waals surface area contributed by atoms with Gasteiger partial charge >= 0.3 is 5.97 Å². The first-order valence-electron chi connectivity index (χ1n) is 14.3. The number of halogens is 1. The Morgan fingerprint density at radius 2 is 1.85 bits per heavy atom. The first-order valence-corrected chi connectivity index (χ1v) is 14.6. The Balaban J connectivity index is 1.06. The van der Waals surface area contributed by atoms with Crippen LogP contribution in [0.25, 0.3) is 11.3 Å². The van der Waals surface area contributed by atoms with Crippen molar-refractivity contribution in [3.8, 4) is 17.0 Å². The second-order valence-corrected chi connectivity index (χ2v) is 12.0. The summed E-state index contributed by atoms with van der Waals surface area (Å²) in [4.78, 5) is 25.4. The molecule has 2 heterocycles. The molecule has 2 aliphatic carbocycles. The predicted octanol–water partition coefficient (Wildman–Crippen LogP) is 4.45. The van der Waals surface area contributed by atoms with Crippen molar-refractivity contribution in [2.45, 2.75) is 45.3 Å². The van der Waals surface area contributed by atoms with Crippen LogP contribution >= 0.6 is 11.6 Å². The van der Waals surface area contributed by atoms with Gasteiger partial charge in [-0.15, -0.1) is 0 Å². The number of fused-ring (bicyclic) bond motifs is 3. The van der Waals surface area contributed by atoms with E-state index in [-0.39, 0.29) is 6.10 Å². The van der Waals surface area contributed by atoms with E-state index in [1.807, 2.05) is 30.3 Å². The molecule has 3 aliphatic rings. The number of aryl methyl sites for hydroxylation is 1. The number of benzene rings is 2. The normalized spacial score (nSPS) is 22.0. The largest absolute Gasteiger partial charge is 0.489 e. The van der Waals surface area contributed by atoms with Crippen molar-refractivity contribution in [1.29, 1.82) is 0 Å². The van der Waals surface area contributed by atoms with Crippen LogP contribution in [-0.4, -0.2) is 71.4 Å². The molecule has 6 rings (SSSR count). The number of hydrogen-bond acceptors (Lipinski definition) is 8. The zero-order valence-electron chi connectivity index (χ0n) is 23.3. The van der Waals surface area contributed by atoms with E-state index in [1.54, 1.807) is 6.92 Å². The predicted molar refractivity (Wildman–Crippen MR) is 158 cm³/mol. The minimum Gasteiger partial charge on any atom is -0.489 e. The molecular formula is C31H36ClN5O4. The molecule has 9 nitrogen and oxygen atoms in total. The van der Waals surface area contributed by atoms with Gasteiger partial charge < -0.3 is 25.2 Å². The van der Waals surface area contributed by atoms with Crippen LogP contribution in [-0.2, 0) is 29.0 Å². The van der Waals surface area contributed by atoms with Crippen LogP contribution < -0.4 is 15.4 Å². The highest BCUT2D eigenvalue weighted by molar-refractivity contribution is 6.30. The molecule has 0 radical (unpaired) electrons. The van der Waals surface area contributed by atoms with E-state index < -0.39 is 11.4 Å². The number of anilines is 2. The van der Waals surface area contributed by atoms with Crippen LogP contribution in [0.15, 0.2) is 42.5 Å². The van der Waals surface area contributed by atoms with E-state index in [4.69, 9.17) is 31.8 Å². The van der Waals surface area contributed by atoms with Crippen molar-refractivity contribution in [2.75, 3.05) is 50.0 Å². The first kappa shape index (κ1) is 27.8.